The SMILES string of the molecule is O=c1[nH]c(=O)n([C@H]2C[C@H](O)[C@@H](COP(=O)(O)O)O2)cc1/C=C/C(F)(F)F. The highest BCUT2D eigenvalue weighted by atomic mass is 31.2. The van der Waals surface area contributed by atoms with Crippen LogP contribution in [-0.2, 0) is 13.8 Å². The summed E-state index contributed by atoms with van der Waals surface area (Å²) in [6.45, 7) is -0.680. The monoisotopic (exact) mass is 402 g/mol. The molecular formula is C12H14F3N2O8P. The molecule has 1 aliphatic rings. The number of phosphoric ester groups is 1. The standard InChI is InChI=1S/C12H14F3N2O8P/c13-12(14,15)2-1-6-4-17(11(20)16-10(6)19)9-3-7(18)8(25-9)5-24-26(21,22)23/h1-2,4,7-9,18H,3,5H2,(H,16,19,20)(H2,21,22,23)/b2-1+/t7-,8+,9+/m0/s1. The van der Waals surface area contributed by atoms with Crippen LogP contribution in [0.15, 0.2) is 21.9 Å². The first kappa shape index (κ1) is 20.6. The Hall–Kier alpha value is -1.76. The number of allylic oxidation sites excluding steroid dienone is 1. The molecule has 0 aliphatic carbocycles. The largest absolute Gasteiger partial charge is 0.469 e. The molecule has 2 heterocycles. The molecule has 3 atom stereocenters. The second-order valence-corrected chi connectivity index (χ2v) is 6.58. The summed E-state index contributed by atoms with van der Waals surface area (Å²) in [6, 6.07) is 0. The smallest absolute Gasteiger partial charge is 0.390 e. The van der Waals surface area contributed by atoms with Crippen LogP contribution in [0.5, 0.6) is 0 Å². The van der Waals surface area contributed by atoms with Gasteiger partial charge in [-0.25, -0.2) is 9.36 Å². The molecule has 1 aromatic heterocycles. The average molecular weight is 402 g/mol. The molecule has 0 bridgehead atoms. The molecule has 146 valence electrons. The molecule has 1 fully saturated rings. The number of nitrogens with zero attached hydrogens (tertiary/aromatic N) is 1. The molecule has 14 heteroatoms. The maximum absolute atomic E-state index is 12.2. The highest BCUT2D eigenvalue weighted by molar-refractivity contribution is 7.46. The fraction of sp³-hybridized carbons (Fsp3) is 0.500. The van der Waals surface area contributed by atoms with Gasteiger partial charge in [-0.15, -0.1) is 0 Å². The summed E-state index contributed by atoms with van der Waals surface area (Å²) in [7, 11) is -4.81. The number of rotatable bonds is 5. The van der Waals surface area contributed by atoms with Crippen LogP contribution in [0.3, 0.4) is 0 Å². The van der Waals surface area contributed by atoms with Crippen LogP contribution in [0, 0.1) is 0 Å². The van der Waals surface area contributed by atoms with Crippen molar-refractivity contribution in [1.29, 1.82) is 0 Å². The zero-order chi connectivity index (χ0) is 19.7. The van der Waals surface area contributed by atoms with Gasteiger partial charge in [0, 0.05) is 18.7 Å². The van der Waals surface area contributed by atoms with Crippen molar-refractivity contribution < 1.29 is 41.9 Å². The maximum atomic E-state index is 12.2. The number of nitrogens with one attached hydrogen (secondary N) is 1. The number of phosphoric acid groups is 1. The van der Waals surface area contributed by atoms with Crippen LogP contribution in [0.1, 0.15) is 18.2 Å². The summed E-state index contributed by atoms with van der Waals surface area (Å²) in [4.78, 5) is 42.5. The van der Waals surface area contributed by atoms with Crippen molar-refractivity contribution in [3.8, 4) is 0 Å². The lowest BCUT2D eigenvalue weighted by atomic mass is 10.2. The first-order valence-electron chi connectivity index (χ1n) is 7.01. The van der Waals surface area contributed by atoms with E-state index in [-0.39, 0.29) is 12.5 Å². The summed E-state index contributed by atoms with van der Waals surface area (Å²) in [6.07, 6.45) is -7.42. The third kappa shape index (κ3) is 5.62. The number of halogens is 3. The molecule has 0 unspecified atom stereocenters. The number of aromatic amines is 1. The molecule has 0 radical (unpaired) electrons. The molecule has 0 spiro atoms. The number of aliphatic hydroxyl groups is 1. The summed E-state index contributed by atoms with van der Waals surface area (Å²) in [5.74, 6) is 0. The van der Waals surface area contributed by atoms with E-state index in [1.165, 1.54) is 0 Å². The van der Waals surface area contributed by atoms with Crippen LogP contribution in [0.2, 0.25) is 0 Å². The lowest BCUT2D eigenvalue weighted by Crippen LogP contribution is -2.33. The highest BCUT2D eigenvalue weighted by Gasteiger charge is 2.37. The van der Waals surface area contributed by atoms with Gasteiger partial charge >= 0.3 is 19.7 Å². The molecule has 0 saturated carbocycles. The van der Waals surface area contributed by atoms with Gasteiger partial charge < -0.3 is 19.6 Å². The third-order valence-corrected chi connectivity index (χ3v) is 3.85. The van der Waals surface area contributed by atoms with Crippen LogP contribution < -0.4 is 11.2 Å². The topological polar surface area (TPSA) is 151 Å². The van der Waals surface area contributed by atoms with Crippen molar-refractivity contribution in [3.05, 3.63) is 38.7 Å². The minimum atomic E-state index is -4.81. The second kappa shape index (κ2) is 7.47. The Balaban J connectivity index is 2.23. The van der Waals surface area contributed by atoms with Crippen molar-refractivity contribution in [2.45, 2.75) is 31.0 Å². The predicted octanol–water partition coefficient (Wildman–Crippen LogP) is -0.130. The van der Waals surface area contributed by atoms with Crippen molar-refractivity contribution in [2.75, 3.05) is 6.61 Å². The van der Waals surface area contributed by atoms with E-state index in [4.69, 9.17) is 14.5 Å². The molecule has 4 N–H and O–H groups in total. The van der Waals surface area contributed by atoms with E-state index in [2.05, 4.69) is 4.52 Å². The van der Waals surface area contributed by atoms with E-state index in [1.54, 1.807) is 0 Å². The Morgan fingerprint density at radius 2 is 2.08 bits per heavy atom. The van der Waals surface area contributed by atoms with Gasteiger partial charge in [0.25, 0.3) is 5.56 Å². The van der Waals surface area contributed by atoms with E-state index in [9.17, 15) is 32.4 Å². The number of alkyl halides is 3. The van der Waals surface area contributed by atoms with E-state index in [0.29, 0.717) is 6.08 Å². The first-order valence-corrected chi connectivity index (χ1v) is 8.54. The molecule has 0 amide bonds. The van der Waals surface area contributed by atoms with Gasteiger partial charge in [-0.2, -0.15) is 13.2 Å². The van der Waals surface area contributed by atoms with Crippen molar-refractivity contribution in [3.63, 3.8) is 0 Å². The second-order valence-electron chi connectivity index (χ2n) is 5.34. The molecule has 2 rings (SSSR count). The number of ether oxygens (including phenoxy) is 1. The molecule has 1 saturated heterocycles. The van der Waals surface area contributed by atoms with Gasteiger partial charge in [-0.3, -0.25) is 18.9 Å². The Kier molecular flexibility index (Phi) is 5.90. The van der Waals surface area contributed by atoms with Gasteiger partial charge in [-0.1, -0.05) is 0 Å². The number of aromatic nitrogens is 2. The minimum absolute atomic E-state index is 0.187. The van der Waals surface area contributed by atoms with E-state index in [1.807, 2.05) is 4.98 Å². The number of hydrogen-bond donors (Lipinski definition) is 4. The van der Waals surface area contributed by atoms with Crippen molar-refractivity contribution >= 4 is 13.9 Å². The zero-order valence-corrected chi connectivity index (χ0v) is 13.7. The average Bonchev–Trinajstić information content (AvgIpc) is 2.83. The Morgan fingerprint density at radius 1 is 1.42 bits per heavy atom. The van der Waals surface area contributed by atoms with Crippen LogP contribution in [-0.4, -0.2) is 49.4 Å². The Labute approximate surface area is 142 Å². The van der Waals surface area contributed by atoms with Gasteiger partial charge in [0.2, 0.25) is 0 Å². The molecule has 26 heavy (non-hydrogen) atoms. The summed E-state index contributed by atoms with van der Waals surface area (Å²) in [5, 5.41) is 9.83. The van der Waals surface area contributed by atoms with Crippen molar-refractivity contribution in [1.82, 2.24) is 9.55 Å². The quantitative estimate of drug-likeness (QED) is 0.498. The van der Waals surface area contributed by atoms with Crippen molar-refractivity contribution in [2.24, 2.45) is 0 Å². The zero-order valence-electron chi connectivity index (χ0n) is 12.8. The molecular weight excluding hydrogens is 388 g/mol. The lowest BCUT2D eigenvalue weighted by molar-refractivity contribution is -0.0790. The molecule has 10 nitrogen and oxygen atoms in total. The predicted molar refractivity (Wildman–Crippen MR) is 78.9 cm³/mol. The molecule has 0 aromatic carbocycles. The number of hydrogen-bond acceptors (Lipinski definition) is 6. The van der Waals surface area contributed by atoms with E-state index in [0.717, 1.165) is 10.8 Å². The number of H-pyrrole nitrogens is 1. The molecule has 1 aliphatic heterocycles. The van der Waals surface area contributed by atoms with Gasteiger partial charge in [0.15, 0.2) is 0 Å². The summed E-state index contributed by atoms with van der Waals surface area (Å²) < 4.78 is 57.6. The lowest BCUT2D eigenvalue weighted by Gasteiger charge is -2.16. The van der Waals surface area contributed by atoms with E-state index < -0.39 is 55.9 Å². The molecule has 1 aromatic rings. The highest BCUT2D eigenvalue weighted by Crippen LogP contribution is 2.38. The van der Waals surface area contributed by atoms with Crippen LogP contribution in [0.25, 0.3) is 6.08 Å². The summed E-state index contributed by atoms with van der Waals surface area (Å²) >= 11 is 0. The minimum Gasteiger partial charge on any atom is -0.390 e. The Morgan fingerprint density at radius 3 is 2.65 bits per heavy atom. The summed E-state index contributed by atoms with van der Waals surface area (Å²) in [5.41, 5.74) is -2.52. The number of aliphatic hydroxyl groups excluding tert-OH is 1. The third-order valence-electron chi connectivity index (χ3n) is 3.37. The van der Waals surface area contributed by atoms with E-state index >= 15 is 0 Å². The van der Waals surface area contributed by atoms with Crippen LogP contribution >= 0.6 is 7.82 Å². The fourth-order valence-corrected chi connectivity index (χ4v) is 2.57. The van der Waals surface area contributed by atoms with Gasteiger partial charge in [-0.05, 0) is 6.08 Å². The Bertz CT molecular complexity index is 842. The fourth-order valence-electron chi connectivity index (χ4n) is 2.22. The van der Waals surface area contributed by atoms with Crippen LogP contribution in [0.4, 0.5) is 13.2 Å². The first-order chi connectivity index (χ1) is 11.9. The van der Waals surface area contributed by atoms with Gasteiger partial charge in [0.05, 0.1) is 18.3 Å². The van der Waals surface area contributed by atoms with Gasteiger partial charge in [0.1, 0.15) is 12.3 Å². The maximum Gasteiger partial charge on any atom is 0.469 e. The normalized spacial score (nSPS) is 24.5.